The molecule has 0 bridgehead atoms. The van der Waals surface area contributed by atoms with Gasteiger partial charge in [-0.1, -0.05) is 0 Å². The molecule has 0 spiro atoms. The molecule has 1 aromatic rings. The van der Waals surface area contributed by atoms with Gasteiger partial charge in [-0.2, -0.15) is 0 Å². The first-order chi connectivity index (χ1) is 9.86. The van der Waals surface area contributed by atoms with E-state index in [-0.39, 0.29) is 23.5 Å². The number of rotatable bonds is 6. The lowest BCUT2D eigenvalue weighted by molar-refractivity contribution is 0.0752. The van der Waals surface area contributed by atoms with Gasteiger partial charge in [0.05, 0.1) is 11.5 Å². The lowest BCUT2D eigenvalue weighted by Crippen LogP contribution is -2.33. The second-order valence-electron chi connectivity index (χ2n) is 5.06. The van der Waals surface area contributed by atoms with E-state index in [9.17, 15) is 13.2 Å². The normalized spacial score (nSPS) is 15.0. The van der Waals surface area contributed by atoms with E-state index < -0.39 is 9.05 Å². The topological polar surface area (TPSA) is 63.7 Å². The number of hydrogen-bond donors (Lipinski definition) is 0. The summed E-state index contributed by atoms with van der Waals surface area (Å²) in [6.45, 7) is 2.73. The molecule has 116 valence electrons. The molecule has 7 heteroatoms. The van der Waals surface area contributed by atoms with E-state index in [1.54, 1.807) is 11.0 Å². The van der Waals surface area contributed by atoms with Crippen LogP contribution in [0.1, 0.15) is 35.7 Å². The van der Waals surface area contributed by atoms with Gasteiger partial charge in [-0.05, 0) is 43.5 Å². The van der Waals surface area contributed by atoms with Gasteiger partial charge in [-0.3, -0.25) is 4.79 Å². The number of hydrogen-bond acceptors (Lipinski definition) is 4. The number of ether oxygens (including phenoxy) is 1. The molecule has 1 aromatic carbocycles. The van der Waals surface area contributed by atoms with Crippen molar-refractivity contribution in [2.75, 3.05) is 13.7 Å². The van der Waals surface area contributed by atoms with Crippen LogP contribution in [-0.2, 0) is 20.4 Å². The van der Waals surface area contributed by atoms with E-state index in [1.165, 1.54) is 19.2 Å². The van der Waals surface area contributed by atoms with Crippen LogP contribution in [0, 0.1) is 0 Å². The molecule has 0 heterocycles. The van der Waals surface area contributed by atoms with Crippen molar-refractivity contribution < 1.29 is 17.9 Å². The van der Waals surface area contributed by atoms with Crippen LogP contribution in [0.2, 0.25) is 0 Å². The van der Waals surface area contributed by atoms with Crippen LogP contribution < -0.4 is 0 Å². The average molecular weight is 332 g/mol. The second-order valence-corrected chi connectivity index (χ2v) is 7.62. The highest BCUT2D eigenvalue weighted by molar-refractivity contribution is 8.13. The Morgan fingerprint density at radius 2 is 2.05 bits per heavy atom. The highest BCUT2D eigenvalue weighted by Crippen LogP contribution is 2.29. The number of nitrogens with zero attached hydrogens (tertiary/aromatic N) is 1. The maximum absolute atomic E-state index is 12.5. The Bertz CT molecular complexity index is 640. The SMILES string of the molecule is CCN(C(=O)c1cc(COC)cc(S(=O)(=O)Cl)c1)C1CC1. The molecule has 1 fully saturated rings. The number of amides is 1. The minimum Gasteiger partial charge on any atom is -0.380 e. The molecule has 0 unspecified atom stereocenters. The zero-order chi connectivity index (χ0) is 15.6. The number of halogens is 1. The molecule has 5 nitrogen and oxygen atoms in total. The van der Waals surface area contributed by atoms with Gasteiger partial charge in [0.2, 0.25) is 0 Å². The molecule has 1 amide bonds. The lowest BCUT2D eigenvalue weighted by atomic mass is 10.1. The summed E-state index contributed by atoms with van der Waals surface area (Å²) in [5, 5.41) is 0. The number of methoxy groups -OCH3 is 1. The van der Waals surface area contributed by atoms with Gasteiger partial charge in [0.25, 0.3) is 15.0 Å². The van der Waals surface area contributed by atoms with Crippen molar-refractivity contribution in [1.82, 2.24) is 4.90 Å². The Labute approximate surface area is 129 Å². The molecule has 1 saturated carbocycles. The summed E-state index contributed by atoms with van der Waals surface area (Å²) >= 11 is 0. The van der Waals surface area contributed by atoms with Gasteiger partial charge < -0.3 is 9.64 Å². The molecule has 0 radical (unpaired) electrons. The molecular formula is C14H18ClNO4S. The third-order valence-corrected chi connectivity index (χ3v) is 4.73. The van der Waals surface area contributed by atoms with Crippen LogP contribution in [-0.4, -0.2) is 38.9 Å². The summed E-state index contributed by atoms with van der Waals surface area (Å²) in [5.74, 6) is -0.167. The lowest BCUT2D eigenvalue weighted by Gasteiger charge is -2.21. The fourth-order valence-electron chi connectivity index (χ4n) is 2.29. The summed E-state index contributed by atoms with van der Waals surface area (Å²) < 4.78 is 28.1. The largest absolute Gasteiger partial charge is 0.380 e. The van der Waals surface area contributed by atoms with Crippen molar-refractivity contribution in [3.63, 3.8) is 0 Å². The minimum absolute atomic E-state index is 0.0751. The van der Waals surface area contributed by atoms with E-state index in [2.05, 4.69) is 0 Å². The van der Waals surface area contributed by atoms with Gasteiger partial charge in [0.15, 0.2) is 0 Å². The van der Waals surface area contributed by atoms with Gasteiger partial charge in [0, 0.05) is 35.9 Å². The number of carbonyl (C=O) groups excluding carboxylic acids is 1. The van der Waals surface area contributed by atoms with Crippen LogP contribution in [0.15, 0.2) is 23.1 Å². The predicted molar refractivity (Wildman–Crippen MR) is 79.9 cm³/mol. The molecule has 0 atom stereocenters. The molecule has 1 aliphatic rings. The smallest absolute Gasteiger partial charge is 0.261 e. The molecule has 0 aliphatic heterocycles. The van der Waals surface area contributed by atoms with Crippen molar-refractivity contribution in [2.45, 2.75) is 37.3 Å². The van der Waals surface area contributed by atoms with Crippen LogP contribution in [0.5, 0.6) is 0 Å². The van der Waals surface area contributed by atoms with E-state index in [4.69, 9.17) is 15.4 Å². The Balaban J connectivity index is 2.41. The van der Waals surface area contributed by atoms with Gasteiger partial charge >= 0.3 is 0 Å². The molecule has 0 N–H and O–H groups in total. The van der Waals surface area contributed by atoms with E-state index >= 15 is 0 Å². The average Bonchev–Trinajstić information content (AvgIpc) is 3.23. The predicted octanol–water partition coefficient (Wildman–Crippen LogP) is 2.39. The quantitative estimate of drug-likeness (QED) is 0.751. The standard InChI is InChI=1S/C14H18ClNO4S/c1-3-16(12-4-5-12)14(17)11-6-10(9-20-2)7-13(8-11)21(15,18)19/h6-8,12H,3-5,9H2,1-2H3. The second kappa shape index (κ2) is 6.34. The Morgan fingerprint density at radius 3 is 2.52 bits per heavy atom. The van der Waals surface area contributed by atoms with Gasteiger partial charge in [-0.25, -0.2) is 8.42 Å². The summed E-state index contributed by atoms with van der Waals surface area (Å²) in [4.78, 5) is 14.2. The summed E-state index contributed by atoms with van der Waals surface area (Å²) in [6, 6.07) is 4.68. The molecule has 2 rings (SSSR count). The fourth-order valence-corrected chi connectivity index (χ4v) is 3.12. The fraction of sp³-hybridized carbons (Fsp3) is 0.500. The number of benzene rings is 1. The zero-order valence-electron chi connectivity index (χ0n) is 12.0. The number of carbonyl (C=O) groups is 1. The van der Waals surface area contributed by atoms with Crippen molar-refractivity contribution in [2.24, 2.45) is 0 Å². The van der Waals surface area contributed by atoms with Crippen LogP contribution in [0.4, 0.5) is 0 Å². The Hall–Kier alpha value is -1.11. The molecular weight excluding hydrogens is 314 g/mol. The van der Waals surface area contributed by atoms with E-state index in [0.717, 1.165) is 12.8 Å². The molecule has 21 heavy (non-hydrogen) atoms. The van der Waals surface area contributed by atoms with E-state index in [1.807, 2.05) is 6.92 Å². The minimum atomic E-state index is -3.89. The third kappa shape index (κ3) is 3.96. The molecule has 0 saturated heterocycles. The van der Waals surface area contributed by atoms with Crippen molar-refractivity contribution in [3.8, 4) is 0 Å². The Kier molecular flexibility index (Phi) is 4.91. The molecule has 1 aliphatic carbocycles. The van der Waals surface area contributed by atoms with Crippen LogP contribution >= 0.6 is 10.7 Å². The molecule has 0 aromatic heterocycles. The van der Waals surface area contributed by atoms with Crippen molar-refractivity contribution >= 4 is 25.6 Å². The first-order valence-electron chi connectivity index (χ1n) is 6.75. The summed E-state index contributed by atoms with van der Waals surface area (Å²) in [5.41, 5.74) is 0.937. The maximum atomic E-state index is 12.5. The summed E-state index contributed by atoms with van der Waals surface area (Å²) in [7, 11) is 3.02. The maximum Gasteiger partial charge on any atom is 0.261 e. The monoisotopic (exact) mass is 331 g/mol. The van der Waals surface area contributed by atoms with Crippen LogP contribution in [0.3, 0.4) is 0 Å². The Morgan fingerprint density at radius 1 is 1.38 bits per heavy atom. The van der Waals surface area contributed by atoms with E-state index in [0.29, 0.717) is 17.7 Å². The van der Waals surface area contributed by atoms with Crippen molar-refractivity contribution in [3.05, 3.63) is 29.3 Å². The van der Waals surface area contributed by atoms with Crippen molar-refractivity contribution in [1.29, 1.82) is 0 Å². The van der Waals surface area contributed by atoms with Gasteiger partial charge in [0.1, 0.15) is 0 Å². The summed E-state index contributed by atoms with van der Waals surface area (Å²) in [6.07, 6.45) is 2.00. The first-order valence-corrected chi connectivity index (χ1v) is 9.06. The van der Waals surface area contributed by atoms with Gasteiger partial charge in [-0.15, -0.1) is 0 Å². The third-order valence-electron chi connectivity index (χ3n) is 3.40. The zero-order valence-corrected chi connectivity index (χ0v) is 13.6. The highest BCUT2D eigenvalue weighted by atomic mass is 35.7. The highest BCUT2D eigenvalue weighted by Gasteiger charge is 2.32. The van der Waals surface area contributed by atoms with Crippen LogP contribution in [0.25, 0.3) is 0 Å². The first kappa shape index (κ1) is 16.3.